The first-order valence-electron chi connectivity index (χ1n) is 11.5. The van der Waals surface area contributed by atoms with Gasteiger partial charge in [0.1, 0.15) is 11.5 Å². The number of nitrogens with zero attached hydrogens (tertiary/aromatic N) is 3. The monoisotopic (exact) mass is 468 g/mol. The summed E-state index contributed by atoms with van der Waals surface area (Å²) < 4.78 is 13.8. The van der Waals surface area contributed by atoms with Gasteiger partial charge in [0, 0.05) is 25.2 Å². The van der Waals surface area contributed by atoms with Crippen molar-refractivity contribution in [3.8, 4) is 22.9 Å². The fourth-order valence-electron chi connectivity index (χ4n) is 4.02. The van der Waals surface area contributed by atoms with E-state index in [4.69, 9.17) is 21.7 Å². The van der Waals surface area contributed by atoms with Crippen LogP contribution in [-0.4, -0.2) is 64.2 Å². The second-order valence-electron chi connectivity index (χ2n) is 8.67. The predicted octanol–water partition coefficient (Wildman–Crippen LogP) is 4.59. The molecule has 2 aromatic carbocycles. The third-order valence-corrected chi connectivity index (χ3v) is 6.23. The van der Waals surface area contributed by atoms with Gasteiger partial charge >= 0.3 is 0 Å². The summed E-state index contributed by atoms with van der Waals surface area (Å²) in [6.45, 7) is 10.1. The van der Waals surface area contributed by atoms with Crippen LogP contribution in [0.4, 0.5) is 0 Å². The molecule has 0 unspecified atom stereocenters. The Morgan fingerprint density at radius 2 is 1.91 bits per heavy atom. The lowest BCUT2D eigenvalue weighted by atomic mass is 9.99. The smallest absolute Gasteiger partial charge is 0.195 e. The van der Waals surface area contributed by atoms with Gasteiger partial charge < -0.3 is 14.6 Å². The Kier molecular flexibility index (Phi) is 7.80. The lowest BCUT2D eigenvalue weighted by Gasteiger charge is -2.26. The average molecular weight is 469 g/mol. The van der Waals surface area contributed by atoms with E-state index >= 15 is 0 Å². The van der Waals surface area contributed by atoms with Gasteiger partial charge in [0.05, 0.1) is 26.4 Å². The normalized spacial score (nSPS) is 14.6. The van der Waals surface area contributed by atoms with Gasteiger partial charge in [-0.2, -0.15) is 5.10 Å². The van der Waals surface area contributed by atoms with Crippen molar-refractivity contribution in [3.63, 3.8) is 0 Å². The Morgan fingerprint density at radius 1 is 1.15 bits per heavy atom. The minimum Gasteiger partial charge on any atom is -0.508 e. The number of hydrogen-bond donors (Lipinski definition) is 2. The van der Waals surface area contributed by atoms with Crippen molar-refractivity contribution in [3.05, 3.63) is 58.4 Å². The third kappa shape index (κ3) is 6.01. The van der Waals surface area contributed by atoms with E-state index in [-0.39, 0.29) is 5.92 Å². The molecule has 2 N–H and O–H groups in total. The summed E-state index contributed by atoms with van der Waals surface area (Å²) in [5.74, 6) is 2.14. The van der Waals surface area contributed by atoms with E-state index in [1.54, 1.807) is 6.07 Å². The number of benzene rings is 2. The van der Waals surface area contributed by atoms with Crippen LogP contribution in [0.25, 0.3) is 11.4 Å². The SMILES string of the molecule is CC(C)c1cc(-c2n[nH]c(=S)n2Cc2ccc(OCCCN3CCOCC3)cc2)ccc1O. The lowest BCUT2D eigenvalue weighted by molar-refractivity contribution is 0.0358. The van der Waals surface area contributed by atoms with Gasteiger partial charge in [-0.25, -0.2) is 0 Å². The molecule has 7 nitrogen and oxygen atoms in total. The van der Waals surface area contributed by atoms with Crippen LogP contribution in [0.1, 0.15) is 37.3 Å². The molecule has 1 fully saturated rings. The largest absolute Gasteiger partial charge is 0.508 e. The van der Waals surface area contributed by atoms with Crippen molar-refractivity contribution in [2.24, 2.45) is 0 Å². The predicted molar refractivity (Wildman–Crippen MR) is 132 cm³/mol. The van der Waals surface area contributed by atoms with E-state index < -0.39 is 0 Å². The van der Waals surface area contributed by atoms with Crippen LogP contribution >= 0.6 is 12.2 Å². The first-order valence-corrected chi connectivity index (χ1v) is 11.9. The Labute approximate surface area is 200 Å². The Morgan fingerprint density at radius 3 is 2.64 bits per heavy atom. The number of aromatic amines is 1. The van der Waals surface area contributed by atoms with Crippen molar-refractivity contribution in [1.29, 1.82) is 0 Å². The van der Waals surface area contributed by atoms with Crippen molar-refractivity contribution in [2.45, 2.75) is 32.7 Å². The summed E-state index contributed by atoms with van der Waals surface area (Å²) in [4.78, 5) is 2.42. The maximum absolute atomic E-state index is 10.2. The highest BCUT2D eigenvalue weighted by atomic mass is 32.1. The minimum atomic E-state index is 0.210. The number of ether oxygens (including phenoxy) is 2. The quantitative estimate of drug-likeness (QED) is 0.354. The number of H-pyrrole nitrogens is 1. The van der Waals surface area contributed by atoms with E-state index in [2.05, 4.69) is 41.1 Å². The molecule has 176 valence electrons. The zero-order valence-electron chi connectivity index (χ0n) is 19.3. The lowest BCUT2D eigenvalue weighted by Crippen LogP contribution is -2.37. The molecular formula is C25H32N4O3S. The fourth-order valence-corrected chi connectivity index (χ4v) is 4.21. The van der Waals surface area contributed by atoms with Crippen LogP contribution in [0.3, 0.4) is 0 Å². The summed E-state index contributed by atoms with van der Waals surface area (Å²) in [7, 11) is 0. The third-order valence-electron chi connectivity index (χ3n) is 5.92. The van der Waals surface area contributed by atoms with Gasteiger partial charge in [-0.15, -0.1) is 0 Å². The molecule has 0 aliphatic carbocycles. The highest BCUT2D eigenvalue weighted by molar-refractivity contribution is 7.71. The summed E-state index contributed by atoms with van der Waals surface area (Å²) in [6.07, 6.45) is 1.00. The Balaban J connectivity index is 1.38. The maximum Gasteiger partial charge on any atom is 0.195 e. The zero-order chi connectivity index (χ0) is 23.2. The summed E-state index contributed by atoms with van der Waals surface area (Å²) in [5.41, 5.74) is 2.92. The molecule has 0 radical (unpaired) electrons. The Hall–Kier alpha value is -2.68. The zero-order valence-corrected chi connectivity index (χ0v) is 20.1. The van der Waals surface area contributed by atoms with Gasteiger partial charge in [-0.3, -0.25) is 14.6 Å². The van der Waals surface area contributed by atoms with Crippen molar-refractivity contribution in [1.82, 2.24) is 19.7 Å². The van der Waals surface area contributed by atoms with Crippen LogP contribution in [0.5, 0.6) is 11.5 Å². The summed E-state index contributed by atoms with van der Waals surface area (Å²) in [6, 6.07) is 13.7. The molecular weight excluding hydrogens is 436 g/mol. The molecule has 0 amide bonds. The number of rotatable bonds is 9. The molecule has 0 spiro atoms. The number of phenolic OH excluding ortho intramolecular Hbond substituents is 1. The first-order chi connectivity index (χ1) is 16.0. The molecule has 1 aliphatic heterocycles. The van der Waals surface area contributed by atoms with Gasteiger partial charge in [-0.1, -0.05) is 26.0 Å². The summed E-state index contributed by atoms with van der Waals surface area (Å²) >= 11 is 5.49. The van der Waals surface area contributed by atoms with E-state index in [1.807, 2.05) is 28.8 Å². The highest BCUT2D eigenvalue weighted by Crippen LogP contribution is 2.30. The second kappa shape index (κ2) is 11.0. The second-order valence-corrected chi connectivity index (χ2v) is 9.05. The number of aromatic hydroxyl groups is 1. The van der Waals surface area contributed by atoms with Gasteiger partial charge in [0.2, 0.25) is 0 Å². The molecule has 0 atom stereocenters. The molecule has 4 rings (SSSR count). The van der Waals surface area contributed by atoms with Gasteiger partial charge in [0.25, 0.3) is 0 Å². The number of phenols is 1. The number of nitrogens with one attached hydrogen (secondary N) is 1. The highest BCUT2D eigenvalue weighted by Gasteiger charge is 2.14. The van der Waals surface area contributed by atoms with Crippen molar-refractivity contribution in [2.75, 3.05) is 39.5 Å². The van der Waals surface area contributed by atoms with E-state index in [9.17, 15) is 5.11 Å². The number of hydrogen-bond acceptors (Lipinski definition) is 6. The van der Waals surface area contributed by atoms with Crippen molar-refractivity contribution >= 4 is 12.2 Å². The van der Waals surface area contributed by atoms with Crippen LogP contribution in [-0.2, 0) is 11.3 Å². The number of morpholine rings is 1. The maximum atomic E-state index is 10.2. The molecule has 0 saturated carbocycles. The van der Waals surface area contributed by atoms with Gasteiger partial charge in [0.15, 0.2) is 10.6 Å². The number of aromatic nitrogens is 3. The van der Waals surface area contributed by atoms with Crippen LogP contribution in [0.2, 0.25) is 0 Å². The standard InChI is InChI=1S/C25H32N4O3S/c1-18(2)22-16-20(6-9-23(22)30)24-26-27-25(33)29(24)17-19-4-7-21(8-5-19)32-13-3-10-28-11-14-31-15-12-28/h4-9,16,18,30H,3,10-15,17H2,1-2H3,(H,27,33). The molecule has 1 saturated heterocycles. The van der Waals surface area contributed by atoms with Crippen LogP contribution in [0, 0.1) is 4.77 Å². The molecule has 2 heterocycles. The fraction of sp³-hybridized carbons (Fsp3) is 0.440. The minimum absolute atomic E-state index is 0.210. The van der Waals surface area contributed by atoms with Crippen LogP contribution in [0.15, 0.2) is 42.5 Å². The molecule has 33 heavy (non-hydrogen) atoms. The van der Waals surface area contributed by atoms with E-state index in [0.717, 1.165) is 67.5 Å². The molecule has 8 heteroatoms. The summed E-state index contributed by atoms with van der Waals surface area (Å²) in [5, 5.41) is 17.5. The topological polar surface area (TPSA) is 75.5 Å². The van der Waals surface area contributed by atoms with Crippen LogP contribution < -0.4 is 4.74 Å². The molecule has 3 aromatic rings. The van der Waals surface area contributed by atoms with Gasteiger partial charge in [-0.05, 0) is 66.0 Å². The molecule has 0 bridgehead atoms. The Bertz CT molecular complexity index is 1100. The van der Waals surface area contributed by atoms with E-state index in [0.29, 0.717) is 23.7 Å². The average Bonchev–Trinajstić information content (AvgIpc) is 3.18. The molecule has 1 aliphatic rings. The first kappa shape index (κ1) is 23.5. The molecule has 1 aromatic heterocycles. The van der Waals surface area contributed by atoms with E-state index in [1.165, 1.54) is 0 Å². The van der Waals surface area contributed by atoms with Crippen molar-refractivity contribution < 1.29 is 14.6 Å².